The van der Waals surface area contributed by atoms with Crippen molar-refractivity contribution in [2.24, 2.45) is 5.92 Å². The van der Waals surface area contributed by atoms with Crippen LogP contribution in [0.5, 0.6) is 0 Å². The largest absolute Gasteiger partial charge is 0.108 e. The number of aryl methyl sites for hydroxylation is 1. The summed E-state index contributed by atoms with van der Waals surface area (Å²) in [6.45, 7) is 16.5. The van der Waals surface area contributed by atoms with Gasteiger partial charge in [0.1, 0.15) is 8.07 Å². The van der Waals surface area contributed by atoms with Gasteiger partial charge in [0.25, 0.3) is 0 Å². The van der Waals surface area contributed by atoms with Crippen LogP contribution in [0.2, 0.25) is 13.1 Å². The van der Waals surface area contributed by atoms with Crippen molar-refractivity contribution in [1.82, 2.24) is 0 Å². The zero-order chi connectivity index (χ0) is 14.4. The second kappa shape index (κ2) is 4.79. The topological polar surface area (TPSA) is 0 Å². The maximum Gasteiger partial charge on any atom is 0.108 e. The van der Waals surface area contributed by atoms with Gasteiger partial charge in [-0.25, -0.2) is 0 Å². The third kappa shape index (κ3) is 2.25. The Hall–Kier alpha value is -1.08. The Balaban J connectivity index is 2.50. The first kappa shape index (κ1) is 14.3. The summed E-state index contributed by atoms with van der Waals surface area (Å²) in [7, 11) is -1.54. The molecule has 1 aromatic carbocycles. The Bertz CT molecular complexity index is 556. The van der Waals surface area contributed by atoms with Crippen molar-refractivity contribution >= 4 is 13.3 Å². The summed E-state index contributed by atoms with van der Waals surface area (Å²) in [5, 5.41) is 3.29. The molecule has 0 nitrogen and oxygen atoms in total. The van der Waals surface area contributed by atoms with E-state index in [1.54, 1.807) is 21.5 Å². The highest BCUT2D eigenvalue weighted by Gasteiger charge is 2.37. The number of rotatable bonds is 2. The molecule has 0 N–H and O–H groups in total. The zero-order valence-electron chi connectivity index (χ0n) is 13.4. The van der Waals surface area contributed by atoms with Crippen LogP contribution in [0.25, 0.3) is 0 Å². The number of hydrogen-bond donors (Lipinski definition) is 0. The SMILES string of the molecule is CC1=C(C)C(C)C([Si](C)(C)c2ccc(C)cc2)=C1C. The molecule has 0 fully saturated rings. The molecule has 2 rings (SSSR count). The van der Waals surface area contributed by atoms with Gasteiger partial charge in [-0.05, 0) is 39.2 Å². The zero-order valence-corrected chi connectivity index (χ0v) is 14.4. The fraction of sp³-hybridized carbons (Fsp3) is 0.444. The average molecular weight is 270 g/mol. The van der Waals surface area contributed by atoms with Gasteiger partial charge >= 0.3 is 0 Å². The number of benzene rings is 1. The van der Waals surface area contributed by atoms with Gasteiger partial charge in [-0.1, -0.05) is 71.4 Å². The Labute approximate surface area is 119 Å². The third-order valence-corrected chi connectivity index (χ3v) is 9.02. The van der Waals surface area contributed by atoms with E-state index in [4.69, 9.17) is 0 Å². The molecule has 0 aliphatic heterocycles. The first-order chi connectivity index (χ1) is 8.76. The first-order valence-corrected chi connectivity index (χ1v) is 10.2. The van der Waals surface area contributed by atoms with Crippen LogP contribution in [0, 0.1) is 12.8 Å². The fourth-order valence-electron chi connectivity index (χ4n) is 3.50. The van der Waals surface area contributed by atoms with Gasteiger partial charge in [-0.2, -0.15) is 0 Å². The molecule has 0 radical (unpaired) electrons. The molecule has 0 bridgehead atoms. The molecule has 0 saturated carbocycles. The van der Waals surface area contributed by atoms with Crippen molar-refractivity contribution < 1.29 is 0 Å². The highest BCUT2D eigenvalue weighted by Crippen LogP contribution is 2.41. The van der Waals surface area contributed by atoms with Gasteiger partial charge in [-0.3, -0.25) is 0 Å². The Morgan fingerprint density at radius 2 is 1.37 bits per heavy atom. The van der Waals surface area contributed by atoms with Crippen LogP contribution >= 0.6 is 0 Å². The second-order valence-corrected chi connectivity index (χ2v) is 10.9. The maximum absolute atomic E-state index is 2.50. The van der Waals surface area contributed by atoms with E-state index in [2.05, 4.69) is 72.0 Å². The third-order valence-electron chi connectivity index (χ3n) is 5.09. The van der Waals surface area contributed by atoms with Crippen LogP contribution < -0.4 is 5.19 Å². The van der Waals surface area contributed by atoms with Crippen molar-refractivity contribution in [3.63, 3.8) is 0 Å². The van der Waals surface area contributed by atoms with Crippen molar-refractivity contribution in [1.29, 1.82) is 0 Å². The number of allylic oxidation sites excluding steroid dienone is 4. The Morgan fingerprint density at radius 3 is 1.79 bits per heavy atom. The van der Waals surface area contributed by atoms with Crippen molar-refractivity contribution in [2.45, 2.75) is 47.7 Å². The standard InChI is InChI=1S/C18H26Si/c1-12-8-10-17(11-9-12)19(6,7)18-15(4)13(2)14(3)16(18)5/h8-11,15H,1-7H3. The first-order valence-electron chi connectivity index (χ1n) is 7.23. The van der Waals surface area contributed by atoms with E-state index in [9.17, 15) is 0 Å². The van der Waals surface area contributed by atoms with Crippen LogP contribution in [0.1, 0.15) is 33.3 Å². The molecule has 1 heteroatoms. The summed E-state index contributed by atoms with van der Waals surface area (Å²) < 4.78 is 0. The van der Waals surface area contributed by atoms with Crippen LogP contribution in [0.3, 0.4) is 0 Å². The molecule has 1 atom stereocenters. The molecule has 102 valence electrons. The lowest BCUT2D eigenvalue weighted by Crippen LogP contribution is -2.45. The predicted octanol–water partition coefficient (Wildman–Crippen LogP) is 4.75. The predicted molar refractivity (Wildman–Crippen MR) is 88.5 cm³/mol. The van der Waals surface area contributed by atoms with E-state index in [1.165, 1.54) is 11.1 Å². The molecule has 1 aliphatic carbocycles. The van der Waals surface area contributed by atoms with Crippen molar-refractivity contribution in [2.75, 3.05) is 0 Å². The minimum absolute atomic E-state index is 0.628. The smallest absolute Gasteiger partial charge is 0.0662 e. The van der Waals surface area contributed by atoms with Crippen LogP contribution in [-0.2, 0) is 0 Å². The molecule has 1 unspecified atom stereocenters. The Kier molecular flexibility index (Phi) is 3.61. The van der Waals surface area contributed by atoms with Crippen LogP contribution in [0.4, 0.5) is 0 Å². The molecule has 0 aromatic heterocycles. The summed E-state index contributed by atoms with van der Waals surface area (Å²) in [4.78, 5) is 0. The van der Waals surface area contributed by atoms with Crippen LogP contribution in [-0.4, -0.2) is 8.07 Å². The number of hydrogen-bond acceptors (Lipinski definition) is 0. The highest BCUT2D eigenvalue weighted by atomic mass is 28.3. The van der Waals surface area contributed by atoms with Crippen molar-refractivity contribution in [3.05, 3.63) is 51.7 Å². The quantitative estimate of drug-likeness (QED) is 0.680. The van der Waals surface area contributed by atoms with E-state index in [0.717, 1.165) is 0 Å². The van der Waals surface area contributed by atoms with Gasteiger partial charge in [0.2, 0.25) is 0 Å². The lowest BCUT2D eigenvalue weighted by atomic mass is 10.1. The van der Waals surface area contributed by atoms with Gasteiger partial charge in [0.05, 0.1) is 0 Å². The Morgan fingerprint density at radius 1 is 0.842 bits per heavy atom. The molecular weight excluding hydrogens is 244 g/mol. The molecule has 1 aromatic rings. The summed E-state index contributed by atoms with van der Waals surface area (Å²) in [5.74, 6) is 0.628. The van der Waals surface area contributed by atoms with E-state index < -0.39 is 8.07 Å². The van der Waals surface area contributed by atoms with Gasteiger partial charge in [-0.15, -0.1) is 0 Å². The highest BCUT2D eigenvalue weighted by molar-refractivity contribution is 6.96. The van der Waals surface area contributed by atoms with Crippen LogP contribution in [0.15, 0.2) is 46.2 Å². The molecule has 0 saturated heterocycles. The van der Waals surface area contributed by atoms with Gasteiger partial charge in [0.15, 0.2) is 0 Å². The van der Waals surface area contributed by atoms with E-state index >= 15 is 0 Å². The summed E-state index contributed by atoms with van der Waals surface area (Å²) in [6, 6.07) is 9.20. The lowest BCUT2D eigenvalue weighted by Gasteiger charge is -2.30. The average Bonchev–Trinajstić information content (AvgIpc) is 2.54. The van der Waals surface area contributed by atoms with Gasteiger partial charge < -0.3 is 0 Å². The maximum atomic E-state index is 2.50. The molecular formula is C18H26Si. The lowest BCUT2D eigenvalue weighted by molar-refractivity contribution is 0.849. The summed E-state index contributed by atoms with van der Waals surface area (Å²) in [5.41, 5.74) is 6.00. The minimum Gasteiger partial charge on any atom is -0.0662 e. The molecule has 19 heavy (non-hydrogen) atoms. The minimum atomic E-state index is -1.54. The molecule has 0 heterocycles. The summed E-state index contributed by atoms with van der Waals surface area (Å²) in [6.07, 6.45) is 0. The van der Waals surface area contributed by atoms with Gasteiger partial charge in [0, 0.05) is 0 Å². The second-order valence-electron chi connectivity index (χ2n) is 6.56. The van der Waals surface area contributed by atoms with E-state index in [1.807, 2.05) is 0 Å². The fourth-order valence-corrected chi connectivity index (χ4v) is 7.23. The molecule has 0 spiro atoms. The molecule has 0 amide bonds. The summed E-state index contributed by atoms with van der Waals surface area (Å²) >= 11 is 0. The normalized spacial score (nSPS) is 20.5. The molecule has 1 aliphatic rings. The monoisotopic (exact) mass is 270 g/mol. The van der Waals surface area contributed by atoms with E-state index in [0.29, 0.717) is 5.92 Å². The van der Waals surface area contributed by atoms with Crippen molar-refractivity contribution in [3.8, 4) is 0 Å². The van der Waals surface area contributed by atoms with E-state index in [-0.39, 0.29) is 0 Å².